The molecule has 0 aromatic carbocycles. The Bertz CT molecular complexity index is 500. The number of rotatable bonds is 7. The number of hydrogen-bond acceptors (Lipinski definition) is 6. The van der Waals surface area contributed by atoms with Crippen molar-refractivity contribution in [3.05, 3.63) is 11.4 Å². The molecule has 21 heavy (non-hydrogen) atoms. The molecular weight excluding hydrogens is 268 g/mol. The average Bonchev–Trinajstić information content (AvgIpc) is 2.46. The Hall–Kier alpha value is -1.89. The maximum Gasteiger partial charge on any atom is 0.227 e. The lowest BCUT2D eigenvalue weighted by Gasteiger charge is -2.24. The number of carbonyl (C=O) groups excluding carboxylic acids is 1. The second kappa shape index (κ2) is 7.21. The van der Waals surface area contributed by atoms with Crippen molar-refractivity contribution >= 4 is 17.5 Å². The highest BCUT2D eigenvalue weighted by Gasteiger charge is 2.26. The smallest absolute Gasteiger partial charge is 0.227 e. The van der Waals surface area contributed by atoms with Gasteiger partial charge in [0, 0.05) is 25.6 Å². The third-order valence-electron chi connectivity index (χ3n) is 3.34. The zero-order valence-electron chi connectivity index (χ0n) is 13.5. The second-order valence-corrected chi connectivity index (χ2v) is 5.67. The molecule has 1 amide bonds. The highest BCUT2D eigenvalue weighted by atomic mass is 16.2. The summed E-state index contributed by atoms with van der Waals surface area (Å²) < 4.78 is 0. The van der Waals surface area contributed by atoms with Gasteiger partial charge in [0.25, 0.3) is 0 Å². The topological polar surface area (TPSA) is 105 Å². The molecule has 0 aliphatic carbocycles. The Labute approximate surface area is 126 Å². The summed E-state index contributed by atoms with van der Waals surface area (Å²) >= 11 is 0. The van der Waals surface area contributed by atoms with E-state index in [1.54, 1.807) is 7.05 Å². The number of nitrogens with zero attached hydrogens (tertiary/aromatic N) is 2. The number of amides is 1. The lowest BCUT2D eigenvalue weighted by atomic mass is 9.92. The summed E-state index contributed by atoms with van der Waals surface area (Å²) in [6.07, 6.45) is 1.73. The van der Waals surface area contributed by atoms with E-state index in [1.807, 2.05) is 20.8 Å². The Morgan fingerprint density at radius 1 is 1.29 bits per heavy atom. The van der Waals surface area contributed by atoms with E-state index in [2.05, 4.69) is 33.0 Å². The lowest BCUT2D eigenvalue weighted by Crippen LogP contribution is -2.39. The number of nitrogens with two attached hydrogens (primary N) is 1. The molecule has 0 radical (unpaired) electrons. The third kappa shape index (κ3) is 4.29. The van der Waals surface area contributed by atoms with Crippen LogP contribution in [0.4, 0.5) is 11.6 Å². The Morgan fingerprint density at radius 2 is 1.90 bits per heavy atom. The first-order chi connectivity index (χ1) is 9.85. The average molecular weight is 294 g/mol. The molecule has 0 saturated heterocycles. The molecule has 1 rings (SSSR count). The largest absolute Gasteiger partial charge is 0.369 e. The molecule has 5 N–H and O–H groups in total. The van der Waals surface area contributed by atoms with E-state index in [0.29, 0.717) is 18.2 Å². The van der Waals surface area contributed by atoms with Crippen LogP contribution in [0.3, 0.4) is 0 Å². The van der Waals surface area contributed by atoms with Crippen molar-refractivity contribution in [2.45, 2.75) is 40.5 Å². The van der Waals surface area contributed by atoms with Crippen molar-refractivity contribution in [2.24, 2.45) is 11.3 Å². The number of carbonyl (C=O) groups is 1. The number of nitrogens with one attached hydrogen (secondary N) is 3. The first-order valence-corrected chi connectivity index (χ1v) is 7.15. The fourth-order valence-electron chi connectivity index (χ4n) is 1.93. The van der Waals surface area contributed by atoms with E-state index in [9.17, 15) is 4.79 Å². The monoisotopic (exact) mass is 294 g/mol. The summed E-state index contributed by atoms with van der Waals surface area (Å²) in [7, 11) is 1.63. The number of hydrogen-bond donors (Lipinski definition) is 4. The van der Waals surface area contributed by atoms with Crippen LogP contribution in [0, 0.1) is 12.3 Å². The van der Waals surface area contributed by atoms with E-state index in [0.717, 1.165) is 24.2 Å². The molecule has 0 atom stereocenters. The lowest BCUT2D eigenvalue weighted by molar-refractivity contribution is -0.128. The van der Waals surface area contributed by atoms with E-state index < -0.39 is 5.41 Å². The fourth-order valence-corrected chi connectivity index (χ4v) is 1.93. The molecule has 7 heteroatoms. The van der Waals surface area contributed by atoms with Crippen LogP contribution in [-0.2, 0) is 11.2 Å². The molecule has 1 aromatic heterocycles. The molecule has 1 heterocycles. The molecule has 0 bridgehead atoms. The molecule has 0 unspecified atom stereocenters. The Morgan fingerprint density at radius 3 is 2.43 bits per heavy atom. The van der Waals surface area contributed by atoms with Gasteiger partial charge in [-0.3, -0.25) is 4.79 Å². The SMILES string of the molecule is CCCc1nc(NN)c(C)c(NCC(C)(C)C(=O)NC)n1. The summed E-state index contributed by atoms with van der Waals surface area (Å²) in [5.74, 6) is 7.53. The van der Waals surface area contributed by atoms with Crippen LogP contribution >= 0.6 is 0 Å². The summed E-state index contributed by atoms with van der Waals surface area (Å²) in [5, 5.41) is 5.90. The Balaban J connectivity index is 2.96. The van der Waals surface area contributed by atoms with E-state index in [4.69, 9.17) is 5.84 Å². The predicted octanol–water partition coefficient (Wildman–Crippen LogP) is 1.21. The number of hydrazine groups is 1. The highest BCUT2D eigenvalue weighted by molar-refractivity contribution is 5.82. The van der Waals surface area contributed by atoms with E-state index in [-0.39, 0.29) is 5.91 Å². The van der Waals surface area contributed by atoms with Crippen molar-refractivity contribution in [3.8, 4) is 0 Å². The number of aryl methyl sites for hydroxylation is 1. The maximum atomic E-state index is 11.8. The molecule has 0 aliphatic rings. The van der Waals surface area contributed by atoms with Crippen molar-refractivity contribution < 1.29 is 4.79 Å². The van der Waals surface area contributed by atoms with Gasteiger partial charge < -0.3 is 16.1 Å². The van der Waals surface area contributed by atoms with Crippen LogP contribution in [0.5, 0.6) is 0 Å². The first kappa shape index (κ1) is 17.2. The standard InChI is InChI=1S/C14H26N6O/c1-6-7-10-18-11(9(2)12(19-10)20-15)17-8-14(3,4)13(21)16-5/h6-8,15H2,1-5H3,(H,16,21)(H2,17,18,19,20). The van der Waals surface area contributed by atoms with Gasteiger partial charge in [-0.05, 0) is 27.2 Å². The zero-order valence-corrected chi connectivity index (χ0v) is 13.5. The summed E-state index contributed by atoms with van der Waals surface area (Å²) in [6, 6.07) is 0. The Kier molecular flexibility index (Phi) is 5.90. The van der Waals surface area contributed by atoms with Gasteiger partial charge in [0.05, 0.1) is 5.41 Å². The van der Waals surface area contributed by atoms with E-state index in [1.165, 1.54) is 0 Å². The maximum absolute atomic E-state index is 11.8. The molecular formula is C14H26N6O. The number of anilines is 2. The van der Waals surface area contributed by atoms with E-state index >= 15 is 0 Å². The second-order valence-electron chi connectivity index (χ2n) is 5.67. The summed E-state index contributed by atoms with van der Waals surface area (Å²) in [4.78, 5) is 20.7. The van der Waals surface area contributed by atoms with Gasteiger partial charge in [-0.15, -0.1) is 0 Å². The molecule has 0 fully saturated rings. The van der Waals surface area contributed by atoms with Gasteiger partial charge in [-0.1, -0.05) is 6.92 Å². The molecule has 7 nitrogen and oxygen atoms in total. The first-order valence-electron chi connectivity index (χ1n) is 7.15. The van der Waals surface area contributed by atoms with Crippen molar-refractivity contribution in [1.29, 1.82) is 0 Å². The minimum Gasteiger partial charge on any atom is -0.369 e. The quantitative estimate of drug-likeness (QED) is 0.445. The van der Waals surface area contributed by atoms with Gasteiger partial charge in [0.15, 0.2) is 0 Å². The van der Waals surface area contributed by atoms with Crippen LogP contribution in [0.25, 0.3) is 0 Å². The van der Waals surface area contributed by atoms with Crippen molar-refractivity contribution in [2.75, 3.05) is 24.3 Å². The molecule has 0 spiro atoms. The van der Waals surface area contributed by atoms with Gasteiger partial charge in [-0.25, -0.2) is 15.8 Å². The minimum absolute atomic E-state index is 0.0207. The number of nitrogen functional groups attached to an aromatic ring is 1. The van der Waals surface area contributed by atoms with Gasteiger partial charge in [0.1, 0.15) is 17.5 Å². The van der Waals surface area contributed by atoms with Gasteiger partial charge in [-0.2, -0.15) is 0 Å². The van der Waals surface area contributed by atoms with Crippen LogP contribution in [0.1, 0.15) is 38.6 Å². The molecule has 0 aliphatic heterocycles. The normalized spacial score (nSPS) is 11.1. The summed E-state index contributed by atoms with van der Waals surface area (Å²) in [5.41, 5.74) is 2.90. The zero-order chi connectivity index (χ0) is 16.0. The molecule has 1 aromatic rings. The van der Waals surface area contributed by atoms with Crippen LogP contribution < -0.4 is 21.9 Å². The van der Waals surface area contributed by atoms with Crippen molar-refractivity contribution in [1.82, 2.24) is 15.3 Å². The van der Waals surface area contributed by atoms with Gasteiger partial charge >= 0.3 is 0 Å². The summed E-state index contributed by atoms with van der Waals surface area (Å²) in [6.45, 7) is 8.19. The van der Waals surface area contributed by atoms with Crippen LogP contribution in [0.2, 0.25) is 0 Å². The minimum atomic E-state index is -0.534. The molecule has 0 saturated carbocycles. The van der Waals surface area contributed by atoms with Gasteiger partial charge in [0.2, 0.25) is 5.91 Å². The third-order valence-corrected chi connectivity index (χ3v) is 3.34. The van der Waals surface area contributed by atoms with Crippen LogP contribution in [-0.4, -0.2) is 29.5 Å². The van der Waals surface area contributed by atoms with Crippen molar-refractivity contribution in [3.63, 3.8) is 0 Å². The fraction of sp³-hybridized carbons (Fsp3) is 0.643. The predicted molar refractivity (Wildman–Crippen MR) is 84.9 cm³/mol. The molecule has 118 valence electrons. The highest BCUT2D eigenvalue weighted by Crippen LogP contribution is 2.22. The number of aromatic nitrogens is 2. The van der Waals surface area contributed by atoms with Crippen LogP contribution in [0.15, 0.2) is 0 Å².